The number of nitrogens with zero attached hydrogens (tertiary/aromatic N) is 3. The first-order chi connectivity index (χ1) is 15.8. The number of halogens is 3. The average molecular weight is 468 g/mol. The molecule has 0 aliphatic carbocycles. The Morgan fingerprint density at radius 3 is 2.36 bits per heavy atom. The number of aliphatic carboxylic acids is 1. The second kappa shape index (κ2) is 11.6. The predicted octanol–water partition coefficient (Wildman–Crippen LogP) is 3.85. The molecule has 10 heteroatoms. The number of aryl methyl sites for hydroxylation is 1. The smallest absolute Gasteiger partial charge is 0.475 e. The molecule has 2 aliphatic rings. The number of rotatable bonds is 5. The summed E-state index contributed by atoms with van der Waals surface area (Å²) in [5, 5.41) is 18.6. The lowest BCUT2D eigenvalue weighted by atomic mass is 9.90. The molecule has 4 heterocycles. The van der Waals surface area contributed by atoms with Crippen molar-refractivity contribution in [3.05, 3.63) is 47.0 Å². The van der Waals surface area contributed by atoms with Crippen LogP contribution < -0.4 is 5.32 Å². The summed E-state index contributed by atoms with van der Waals surface area (Å²) in [6.45, 7) is 7.68. The van der Waals surface area contributed by atoms with Crippen LogP contribution in [-0.4, -0.2) is 63.5 Å². The summed E-state index contributed by atoms with van der Waals surface area (Å²) < 4.78 is 31.7. The third-order valence-corrected chi connectivity index (χ3v) is 6.32. The minimum Gasteiger partial charge on any atom is -0.475 e. The summed E-state index contributed by atoms with van der Waals surface area (Å²) in [4.78, 5) is 16.0. The van der Waals surface area contributed by atoms with Crippen molar-refractivity contribution in [3.8, 4) is 0 Å². The van der Waals surface area contributed by atoms with Gasteiger partial charge in [0.15, 0.2) is 0 Å². The predicted molar refractivity (Wildman–Crippen MR) is 118 cm³/mol. The van der Waals surface area contributed by atoms with E-state index in [9.17, 15) is 13.2 Å². The zero-order valence-corrected chi connectivity index (χ0v) is 18.9. The average Bonchev–Trinajstić information content (AvgIpc) is 3.31. The highest BCUT2D eigenvalue weighted by Crippen LogP contribution is 2.31. The molecule has 0 bridgehead atoms. The van der Waals surface area contributed by atoms with Gasteiger partial charge < -0.3 is 10.4 Å². The van der Waals surface area contributed by atoms with Crippen LogP contribution in [0, 0.1) is 0 Å². The number of likely N-dealkylation sites (tertiary alicyclic amines) is 1. The summed E-state index contributed by atoms with van der Waals surface area (Å²) in [7, 11) is 0. The highest BCUT2D eigenvalue weighted by Gasteiger charge is 2.38. The molecule has 0 amide bonds. The molecule has 0 atom stereocenters. The van der Waals surface area contributed by atoms with Crippen molar-refractivity contribution in [1.29, 1.82) is 0 Å². The van der Waals surface area contributed by atoms with Crippen molar-refractivity contribution in [3.63, 3.8) is 0 Å². The first-order valence-electron chi connectivity index (χ1n) is 11.5. The number of aromatic nitrogens is 3. The third-order valence-electron chi connectivity index (χ3n) is 6.32. The second-order valence-electron chi connectivity index (χ2n) is 8.64. The van der Waals surface area contributed by atoms with Crippen molar-refractivity contribution in [2.75, 3.05) is 26.2 Å². The van der Waals surface area contributed by atoms with E-state index in [1.54, 1.807) is 0 Å². The largest absolute Gasteiger partial charge is 0.490 e. The molecule has 0 spiro atoms. The minimum atomic E-state index is -5.08. The fourth-order valence-corrected chi connectivity index (χ4v) is 4.28. The van der Waals surface area contributed by atoms with E-state index >= 15 is 0 Å². The third kappa shape index (κ3) is 7.53. The molecular formula is C23H32F3N5O2. The van der Waals surface area contributed by atoms with Crippen LogP contribution in [0.15, 0.2) is 24.4 Å². The van der Waals surface area contributed by atoms with E-state index in [1.165, 1.54) is 48.3 Å². The first kappa shape index (κ1) is 25.2. The van der Waals surface area contributed by atoms with Gasteiger partial charge in [-0.25, -0.2) is 4.79 Å². The zero-order chi connectivity index (χ0) is 23.8. The Morgan fingerprint density at radius 2 is 1.82 bits per heavy atom. The molecule has 2 aliphatic heterocycles. The Bertz CT molecular complexity index is 871. The van der Waals surface area contributed by atoms with Gasteiger partial charge >= 0.3 is 12.1 Å². The molecule has 2 saturated heterocycles. The van der Waals surface area contributed by atoms with Gasteiger partial charge in [-0.2, -0.15) is 18.3 Å². The standard InChI is InChI=1S/C21H31N5.C2HF3O2/c1-2-16-3-4-19(23-14-16)15-26-11-7-18(8-12-26)21-13-20(24-25-21)17-5-9-22-10-6-17;3-2(4,5)1(6)7/h3-4,13-14,17-18,22H,2,5-12,15H2,1H3,(H,24,25);(H,6,7). The van der Waals surface area contributed by atoms with Crippen LogP contribution in [0.2, 0.25) is 0 Å². The Labute approximate surface area is 191 Å². The number of carboxylic acid groups (broad SMARTS) is 1. The van der Waals surface area contributed by atoms with Gasteiger partial charge in [-0.05, 0) is 76.0 Å². The number of pyridine rings is 1. The molecule has 3 N–H and O–H groups in total. The molecule has 33 heavy (non-hydrogen) atoms. The van der Waals surface area contributed by atoms with Gasteiger partial charge in [0.1, 0.15) is 0 Å². The Kier molecular flexibility index (Phi) is 8.85. The first-order valence-corrected chi connectivity index (χ1v) is 11.5. The van der Waals surface area contributed by atoms with Crippen LogP contribution >= 0.6 is 0 Å². The van der Waals surface area contributed by atoms with Crippen molar-refractivity contribution in [1.82, 2.24) is 25.4 Å². The second-order valence-corrected chi connectivity index (χ2v) is 8.64. The lowest BCUT2D eigenvalue weighted by Crippen LogP contribution is -2.32. The minimum absolute atomic E-state index is 0.629. The van der Waals surface area contributed by atoms with Gasteiger partial charge in [-0.1, -0.05) is 13.0 Å². The van der Waals surface area contributed by atoms with E-state index in [1.807, 2.05) is 6.20 Å². The van der Waals surface area contributed by atoms with Gasteiger partial charge in [0.25, 0.3) is 0 Å². The van der Waals surface area contributed by atoms with E-state index in [4.69, 9.17) is 9.90 Å². The zero-order valence-electron chi connectivity index (χ0n) is 18.9. The van der Waals surface area contributed by atoms with Crippen LogP contribution in [0.3, 0.4) is 0 Å². The van der Waals surface area contributed by atoms with E-state index < -0.39 is 12.1 Å². The molecule has 2 aromatic heterocycles. The van der Waals surface area contributed by atoms with Gasteiger partial charge in [-0.3, -0.25) is 15.0 Å². The molecule has 0 aromatic carbocycles. The maximum atomic E-state index is 10.6. The maximum absolute atomic E-state index is 10.6. The van der Waals surface area contributed by atoms with Gasteiger partial charge in [0.05, 0.1) is 11.4 Å². The number of aromatic amines is 1. The monoisotopic (exact) mass is 467 g/mol. The van der Waals surface area contributed by atoms with Crippen molar-refractivity contribution in [2.24, 2.45) is 0 Å². The summed E-state index contributed by atoms with van der Waals surface area (Å²) in [6, 6.07) is 6.74. The number of hydrogen-bond acceptors (Lipinski definition) is 5. The van der Waals surface area contributed by atoms with Crippen LogP contribution in [0.5, 0.6) is 0 Å². The van der Waals surface area contributed by atoms with Crippen LogP contribution in [0.25, 0.3) is 0 Å². The molecule has 4 rings (SSSR count). The highest BCUT2D eigenvalue weighted by atomic mass is 19.4. The Morgan fingerprint density at radius 1 is 1.15 bits per heavy atom. The SMILES string of the molecule is CCc1ccc(CN2CCC(c3cc(C4CCNCC4)n[nH]3)CC2)nc1.O=C(O)C(F)(F)F. The lowest BCUT2D eigenvalue weighted by Gasteiger charge is -2.31. The molecule has 2 fully saturated rings. The number of hydrogen-bond donors (Lipinski definition) is 3. The van der Waals surface area contributed by atoms with Crippen LogP contribution in [-0.2, 0) is 17.8 Å². The fourth-order valence-electron chi connectivity index (χ4n) is 4.28. The van der Waals surface area contributed by atoms with E-state index in [2.05, 4.69) is 50.5 Å². The van der Waals surface area contributed by atoms with Gasteiger partial charge in [0, 0.05) is 30.3 Å². The molecule has 0 saturated carbocycles. The van der Waals surface area contributed by atoms with E-state index in [0.29, 0.717) is 11.8 Å². The van der Waals surface area contributed by atoms with Crippen molar-refractivity contribution < 1.29 is 23.1 Å². The van der Waals surface area contributed by atoms with Crippen LogP contribution in [0.1, 0.15) is 67.1 Å². The van der Waals surface area contributed by atoms with Crippen molar-refractivity contribution in [2.45, 2.75) is 63.6 Å². The summed E-state index contributed by atoms with van der Waals surface area (Å²) in [5.74, 6) is -1.49. The van der Waals surface area contributed by atoms with Gasteiger partial charge in [0.2, 0.25) is 0 Å². The number of carboxylic acids is 1. The Hall–Kier alpha value is -2.46. The molecule has 182 valence electrons. The summed E-state index contributed by atoms with van der Waals surface area (Å²) in [6.07, 6.45) is 2.85. The number of carbonyl (C=O) groups is 1. The number of H-pyrrole nitrogens is 1. The normalized spacial score (nSPS) is 18.5. The fraction of sp³-hybridized carbons (Fsp3) is 0.609. The molecule has 2 aromatic rings. The maximum Gasteiger partial charge on any atom is 0.490 e. The topological polar surface area (TPSA) is 94.1 Å². The van der Waals surface area contributed by atoms with E-state index in [0.717, 1.165) is 39.1 Å². The summed E-state index contributed by atoms with van der Waals surface area (Å²) >= 11 is 0. The van der Waals surface area contributed by atoms with E-state index in [-0.39, 0.29) is 0 Å². The van der Waals surface area contributed by atoms with Crippen LogP contribution in [0.4, 0.5) is 13.2 Å². The number of piperidine rings is 2. The summed E-state index contributed by atoms with van der Waals surface area (Å²) in [5.41, 5.74) is 5.14. The number of alkyl halides is 3. The molecular weight excluding hydrogens is 435 g/mol. The molecule has 7 nitrogen and oxygen atoms in total. The lowest BCUT2D eigenvalue weighted by molar-refractivity contribution is -0.192. The molecule has 0 radical (unpaired) electrons. The number of nitrogens with one attached hydrogen (secondary N) is 2. The Balaban J connectivity index is 0.000000383. The van der Waals surface area contributed by atoms with Crippen molar-refractivity contribution >= 4 is 5.97 Å². The van der Waals surface area contributed by atoms with Gasteiger partial charge in [-0.15, -0.1) is 0 Å². The highest BCUT2D eigenvalue weighted by molar-refractivity contribution is 5.73. The molecule has 0 unspecified atom stereocenters. The quantitative estimate of drug-likeness (QED) is 0.619.